The average molecular weight is 318 g/mol. The fourth-order valence-electron chi connectivity index (χ4n) is 2.19. The maximum Gasteiger partial charge on any atom is 0.270 e. The molecule has 7 heteroatoms. The van der Waals surface area contributed by atoms with Crippen LogP contribution in [0.4, 0.5) is 11.4 Å². The fraction of sp³-hybridized carbons (Fsp3) is 0.0714. The van der Waals surface area contributed by atoms with E-state index in [-0.39, 0.29) is 11.6 Å². The van der Waals surface area contributed by atoms with Crippen LogP contribution >= 0.6 is 24.0 Å². The average Bonchev–Trinajstić information content (AvgIpc) is 2.90. The van der Waals surface area contributed by atoms with Crippen molar-refractivity contribution in [2.75, 3.05) is 5.32 Å². The van der Waals surface area contributed by atoms with Gasteiger partial charge in [0.25, 0.3) is 11.6 Å². The van der Waals surface area contributed by atoms with E-state index in [1.165, 1.54) is 23.5 Å². The topological polar surface area (TPSA) is 72.2 Å². The number of nitro benzene ring substituents is 1. The Kier molecular flexibility index (Phi) is 3.30. The normalized spacial score (nSPS) is 15.1. The quantitative estimate of drug-likeness (QED) is 0.383. The van der Waals surface area contributed by atoms with Gasteiger partial charge >= 0.3 is 0 Å². The zero-order valence-corrected chi connectivity index (χ0v) is 12.6. The first kappa shape index (κ1) is 13.8. The third-order valence-corrected chi connectivity index (χ3v) is 4.65. The van der Waals surface area contributed by atoms with Crippen molar-refractivity contribution in [3.63, 3.8) is 0 Å². The van der Waals surface area contributed by atoms with Crippen LogP contribution in [0.3, 0.4) is 0 Å². The predicted octanol–water partition coefficient (Wildman–Crippen LogP) is 3.75. The number of anilines is 1. The van der Waals surface area contributed by atoms with Crippen LogP contribution in [0.1, 0.15) is 15.3 Å². The van der Waals surface area contributed by atoms with E-state index in [1.54, 1.807) is 12.1 Å². The first-order chi connectivity index (χ1) is 9.95. The monoisotopic (exact) mass is 318 g/mol. The molecule has 0 radical (unpaired) electrons. The molecule has 0 bridgehead atoms. The number of nitro groups is 1. The summed E-state index contributed by atoms with van der Waals surface area (Å²) in [7, 11) is 0. The highest BCUT2D eigenvalue weighted by molar-refractivity contribution is 7.80. The smallest absolute Gasteiger partial charge is 0.270 e. The molecule has 0 fully saturated rings. The number of thiol groups is 1. The lowest BCUT2D eigenvalue weighted by molar-refractivity contribution is -0.384. The molecule has 0 unspecified atom stereocenters. The van der Waals surface area contributed by atoms with Crippen LogP contribution in [-0.2, 0) is 4.79 Å². The second-order valence-electron chi connectivity index (χ2n) is 4.61. The molecule has 1 aromatic heterocycles. The van der Waals surface area contributed by atoms with E-state index in [0.29, 0.717) is 16.8 Å². The van der Waals surface area contributed by atoms with Gasteiger partial charge in [-0.25, -0.2) is 0 Å². The lowest BCUT2D eigenvalue weighted by atomic mass is 10.1. The number of hydrogen-bond donors (Lipinski definition) is 2. The number of nitrogens with one attached hydrogen (secondary N) is 1. The Labute approximate surface area is 129 Å². The Hall–Kier alpha value is -2.12. The van der Waals surface area contributed by atoms with E-state index >= 15 is 0 Å². The number of amides is 1. The highest BCUT2D eigenvalue weighted by atomic mass is 32.1. The fourth-order valence-corrected chi connectivity index (χ4v) is 3.53. The Morgan fingerprint density at radius 3 is 2.76 bits per heavy atom. The second-order valence-corrected chi connectivity index (χ2v) is 6.38. The molecule has 0 aliphatic carbocycles. The molecule has 2 aromatic rings. The van der Waals surface area contributed by atoms with Crippen LogP contribution in [-0.4, -0.2) is 10.8 Å². The van der Waals surface area contributed by atoms with Gasteiger partial charge in [0.1, 0.15) is 0 Å². The minimum absolute atomic E-state index is 0.0374. The summed E-state index contributed by atoms with van der Waals surface area (Å²) in [6.45, 7) is 1.96. The third-order valence-electron chi connectivity index (χ3n) is 3.14. The van der Waals surface area contributed by atoms with Crippen molar-refractivity contribution in [3.05, 3.63) is 49.7 Å². The van der Waals surface area contributed by atoms with Crippen LogP contribution in [0.25, 0.3) is 11.6 Å². The van der Waals surface area contributed by atoms with Crippen molar-refractivity contribution in [2.45, 2.75) is 11.8 Å². The van der Waals surface area contributed by atoms with E-state index < -0.39 is 4.92 Å². The standard InChI is InChI=1S/C14H10N2O3S2/c1-7-4-12(20)13(21-7)6-10-9-5-8(16(18)19)2-3-11(9)15-14(10)17/h2-6,20H,1H3,(H,15,17). The highest BCUT2D eigenvalue weighted by Crippen LogP contribution is 2.37. The molecular formula is C14H10N2O3S2. The van der Waals surface area contributed by atoms with E-state index in [1.807, 2.05) is 13.0 Å². The van der Waals surface area contributed by atoms with Crippen molar-refractivity contribution < 1.29 is 9.72 Å². The number of fused-ring (bicyclic) bond motifs is 1. The van der Waals surface area contributed by atoms with E-state index in [9.17, 15) is 14.9 Å². The molecule has 0 atom stereocenters. The van der Waals surface area contributed by atoms with E-state index in [4.69, 9.17) is 0 Å². The number of benzene rings is 1. The van der Waals surface area contributed by atoms with Crippen LogP contribution in [0, 0.1) is 17.0 Å². The van der Waals surface area contributed by atoms with E-state index in [0.717, 1.165) is 14.6 Å². The minimum atomic E-state index is -0.472. The van der Waals surface area contributed by atoms with Gasteiger partial charge < -0.3 is 5.32 Å². The maximum atomic E-state index is 12.1. The van der Waals surface area contributed by atoms with Gasteiger partial charge in [-0.05, 0) is 25.1 Å². The number of thiophene rings is 1. The number of hydrogen-bond acceptors (Lipinski definition) is 5. The van der Waals surface area contributed by atoms with Crippen molar-refractivity contribution in [1.82, 2.24) is 0 Å². The number of carbonyl (C=O) groups is 1. The number of non-ortho nitro benzene ring substituents is 1. The van der Waals surface area contributed by atoms with Gasteiger partial charge in [-0.15, -0.1) is 24.0 Å². The molecule has 21 heavy (non-hydrogen) atoms. The Morgan fingerprint density at radius 1 is 1.38 bits per heavy atom. The molecule has 1 aliphatic rings. The molecule has 0 spiro atoms. The first-order valence-electron chi connectivity index (χ1n) is 6.07. The molecule has 2 heterocycles. The molecule has 3 rings (SSSR count). The van der Waals surface area contributed by atoms with Crippen molar-refractivity contribution in [1.29, 1.82) is 0 Å². The lowest BCUT2D eigenvalue weighted by Crippen LogP contribution is -2.03. The summed E-state index contributed by atoms with van der Waals surface area (Å²) >= 11 is 5.89. The van der Waals surface area contributed by atoms with Crippen LogP contribution in [0.2, 0.25) is 0 Å². The van der Waals surface area contributed by atoms with Gasteiger partial charge in [0, 0.05) is 38.0 Å². The zero-order chi connectivity index (χ0) is 15.1. The number of aryl methyl sites for hydroxylation is 1. The SMILES string of the molecule is Cc1cc(S)c(C=C2C(=O)Nc3ccc([N+](=O)[O-])cc32)s1. The van der Waals surface area contributed by atoms with Crippen molar-refractivity contribution in [2.24, 2.45) is 0 Å². The molecule has 0 saturated heterocycles. The summed E-state index contributed by atoms with van der Waals surface area (Å²) in [5.74, 6) is -0.260. The summed E-state index contributed by atoms with van der Waals surface area (Å²) in [4.78, 5) is 25.2. The number of nitrogens with zero attached hydrogens (tertiary/aromatic N) is 1. The largest absolute Gasteiger partial charge is 0.321 e. The van der Waals surface area contributed by atoms with Crippen LogP contribution in [0.15, 0.2) is 29.2 Å². The molecular weight excluding hydrogens is 308 g/mol. The van der Waals surface area contributed by atoms with Crippen LogP contribution < -0.4 is 5.32 Å². The van der Waals surface area contributed by atoms with Gasteiger partial charge in [0.2, 0.25) is 0 Å². The molecule has 1 aromatic carbocycles. The molecule has 5 nitrogen and oxygen atoms in total. The molecule has 1 amide bonds. The maximum absolute atomic E-state index is 12.1. The molecule has 1 N–H and O–H groups in total. The molecule has 0 saturated carbocycles. The van der Waals surface area contributed by atoms with Gasteiger partial charge in [-0.1, -0.05) is 0 Å². The number of rotatable bonds is 2. The summed E-state index contributed by atoms with van der Waals surface area (Å²) in [6.07, 6.45) is 1.73. The summed E-state index contributed by atoms with van der Waals surface area (Å²) in [6, 6.07) is 6.26. The highest BCUT2D eigenvalue weighted by Gasteiger charge is 2.26. The zero-order valence-electron chi connectivity index (χ0n) is 10.9. The van der Waals surface area contributed by atoms with Crippen molar-refractivity contribution in [3.8, 4) is 0 Å². The van der Waals surface area contributed by atoms with Gasteiger partial charge in [0.15, 0.2) is 0 Å². The van der Waals surface area contributed by atoms with Crippen LogP contribution in [0.5, 0.6) is 0 Å². The summed E-state index contributed by atoms with van der Waals surface area (Å²) < 4.78 is 0. The third kappa shape index (κ3) is 2.45. The Morgan fingerprint density at radius 2 is 2.14 bits per heavy atom. The van der Waals surface area contributed by atoms with Gasteiger partial charge in [0.05, 0.1) is 10.5 Å². The Balaban J connectivity index is 2.13. The number of carbonyl (C=O) groups excluding carboxylic acids is 1. The summed E-state index contributed by atoms with van der Waals surface area (Å²) in [5, 5.41) is 13.6. The molecule has 106 valence electrons. The van der Waals surface area contributed by atoms with Crippen molar-refractivity contribution >= 4 is 52.9 Å². The lowest BCUT2D eigenvalue weighted by Gasteiger charge is -1.98. The first-order valence-corrected chi connectivity index (χ1v) is 7.33. The van der Waals surface area contributed by atoms with E-state index in [2.05, 4.69) is 17.9 Å². The summed E-state index contributed by atoms with van der Waals surface area (Å²) in [5.41, 5.74) is 1.52. The Bertz CT molecular complexity index is 809. The predicted molar refractivity (Wildman–Crippen MR) is 85.9 cm³/mol. The second kappa shape index (κ2) is 5.01. The van der Waals surface area contributed by atoms with Gasteiger partial charge in [-0.3, -0.25) is 14.9 Å². The molecule has 1 aliphatic heterocycles. The minimum Gasteiger partial charge on any atom is -0.321 e. The van der Waals surface area contributed by atoms with Gasteiger partial charge in [-0.2, -0.15) is 0 Å².